The normalized spacial score (nSPS) is 14.6. The fourth-order valence-corrected chi connectivity index (χ4v) is 2.59. The highest BCUT2D eigenvalue weighted by Crippen LogP contribution is 2.28. The smallest absolute Gasteiger partial charge is 0.360 e. The monoisotopic (exact) mass is 333 g/mol. The minimum atomic E-state index is -4.55. The lowest BCUT2D eigenvalue weighted by atomic mass is 10.3. The number of anilines is 1. The van der Waals surface area contributed by atoms with Crippen molar-refractivity contribution in [2.45, 2.75) is 19.1 Å². The molecule has 0 atom stereocenters. The van der Waals surface area contributed by atoms with Crippen LogP contribution in [0.2, 0.25) is 0 Å². The zero-order chi connectivity index (χ0) is 15.7. The van der Waals surface area contributed by atoms with Crippen LogP contribution in [0.3, 0.4) is 0 Å². The van der Waals surface area contributed by atoms with Gasteiger partial charge in [-0.05, 0) is 0 Å². The molecule has 0 saturated heterocycles. The standard InChI is InChI=1S/C10H10F3N7OS/c11-10(12,13)8-16-9(22-19-8)15-2-1-5-17-18-6-7(21)14-3-4-20(5)6/h1-4H2,(H,14,21)(H,15,16,19). The number of hydrogen-bond acceptors (Lipinski definition) is 7. The summed E-state index contributed by atoms with van der Waals surface area (Å²) in [7, 11) is 0. The topological polar surface area (TPSA) is 97.6 Å². The Morgan fingerprint density at radius 3 is 2.91 bits per heavy atom. The molecule has 0 aromatic carbocycles. The fourth-order valence-electron chi connectivity index (χ4n) is 1.98. The van der Waals surface area contributed by atoms with Gasteiger partial charge in [0, 0.05) is 37.6 Å². The Balaban J connectivity index is 1.60. The molecule has 8 nitrogen and oxygen atoms in total. The Bertz CT molecular complexity index is 695. The van der Waals surface area contributed by atoms with E-state index in [2.05, 4.69) is 30.2 Å². The molecule has 22 heavy (non-hydrogen) atoms. The molecule has 0 saturated carbocycles. The van der Waals surface area contributed by atoms with Crippen LogP contribution in [0.4, 0.5) is 18.3 Å². The lowest BCUT2D eigenvalue weighted by molar-refractivity contribution is -0.144. The van der Waals surface area contributed by atoms with Crippen molar-refractivity contribution in [3.63, 3.8) is 0 Å². The molecule has 12 heteroatoms. The minimum absolute atomic E-state index is 0.0865. The number of amides is 1. The van der Waals surface area contributed by atoms with Gasteiger partial charge in [-0.25, -0.2) is 0 Å². The average Bonchev–Trinajstić information content (AvgIpc) is 3.07. The Labute approximate surface area is 125 Å². The van der Waals surface area contributed by atoms with Crippen molar-refractivity contribution >= 4 is 22.6 Å². The summed E-state index contributed by atoms with van der Waals surface area (Å²) in [5, 5.41) is 13.2. The molecular weight excluding hydrogens is 323 g/mol. The third kappa shape index (κ3) is 2.86. The van der Waals surface area contributed by atoms with Crippen LogP contribution in [0.25, 0.3) is 0 Å². The van der Waals surface area contributed by atoms with Crippen LogP contribution < -0.4 is 10.6 Å². The van der Waals surface area contributed by atoms with E-state index in [1.54, 1.807) is 4.57 Å². The van der Waals surface area contributed by atoms with Gasteiger partial charge in [-0.1, -0.05) is 0 Å². The first kappa shape index (κ1) is 14.7. The number of carbonyl (C=O) groups excluding carboxylic acids is 1. The summed E-state index contributed by atoms with van der Waals surface area (Å²) in [5.41, 5.74) is 0. The summed E-state index contributed by atoms with van der Waals surface area (Å²) in [6.45, 7) is 1.38. The summed E-state index contributed by atoms with van der Waals surface area (Å²) in [5.74, 6) is -0.595. The van der Waals surface area contributed by atoms with Crippen molar-refractivity contribution in [3.8, 4) is 0 Å². The third-order valence-electron chi connectivity index (χ3n) is 2.96. The molecule has 2 aromatic rings. The summed E-state index contributed by atoms with van der Waals surface area (Å²) in [4.78, 5) is 14.9. The van der Waals surface area contributed by atoms with E-state index in [0.717, 1.165) is 0 Å². The molecular formula is C10H10F3N7OS. The first-order valence-electron chi connectivity index (χ1n) is 6.30. The van der Waals surface area contributed by atoms with E-state index in [1.165, 1.54) is 0 Å². The van der Waals surface area contributed by atoms with Crippen LogP contribution in [0, 0.1) is 0 Å². The zero-order valence-corrected chi connectivity index (χ0v) is 11.8. The predicted molar refractivity (Wildman–Crippen MR) is 69.5 cm³/mol. The third-order valence-corrected chi connectivity index (χ3v) is 3.63. The summed E-state index contributed by atoms with van der Waals surface area (Å²) in [6, 6.07) is 0. The Morgan fingerprint density at radius 2 is 2.18 bits per heavy atom. The molecule has 0 bridgehead atoms. The van der Waals surface area contributed by atoms with Gasteiger partial charge in [0.25, 0.3) is 5.91 Å². The van der Waals surface area contributed by atoms with Crippen molar-refractivity contribution in [1.29, 1.82) is 0 Å². The van der Waals surface area contributed by atoms with E-state index in [1.807, 2.05) is 0 Å². The number of fused-ring (bicyclic) bond motifs is 1. The summed E-state index contributed by atoms with van der Waals surface area (Å²) < 4.78 is 42.0. The van der Waals surface area contributed by atoms with Crippen LogP contribution in [0.15, 0.2) is 0 Å². The zero-order valence-electron chi connectivity index (χ0n) is 11.0. The van der Waals surface area contributed by atoms with Gasteiger partial charge in [0.15, 0.2) is 0 Å². The number of aromatic nitrogens is 5. The van der Waals surface area contributed by atoms with Crippen molar-refractivity contribution in [2.24, 2.45) is 0 Å². The second-order valence-electron chi connectivity index (χ2n) is 4.45. The van der Waals surface area contributed by atoms with Crippen LogP contribution in [-0.2, 0) is 19.1 Å². The molecule has 1 amide bonds. The van der Waals surface area contributed by atoms with E-state index < -0.39 is 12.0 Å². The molecule has 3 rings (SSSR count). The van der Waals surface area contributed by atoms with Gasteiger partial charge in [0.2, 0.25) is 16.8 Å². The van der Waals surface area contributed by atoms with E-state index in [0.29, 0.717) is 43.4 Å². The maximum Gasteiger partial charge on any atom is 0.452 e. The second kappa shape index (κ2) is 5.51. The van der Waals surface area contributed by atoms with E-state index in [4.69, 9.17) is 0 Å². The highest BCUT2D eigenvalue weighted by molar-refractivity contribution is 7.09. The van der Waals surface area contributed by atoms with Gasteiger partial charge in [0.1, 0.15) is 5.82 Å². The summed E-state index contributed by atoms with van der Waals surface area (Å²) in [6.07, 6.45) is -4.14. The van der Waals surface area contributed by atoms with Gasteiger partial charge < -0.3 is 15.2 Å². The number of alkyl halides is 3. The largest absolute Gasteiger partial charge is 0.452 e. The maximum atomic E-state index is 12.4. The SMILES string of the molecule is O=C1NCCn2c(CCNc3nc(C(F)(F)F)ns3)nnc21. The van der Waals surface area contributed by atoms with E-state index in [-0.39, 0.29) is 16.9 Å². The second-order valence-corrected chi connectivity index (χ2v) is 5.20. The Kier molecular flexibility index (Phi) is 3.68. The molecule has 1 aliphatic rings. The molecule has 3 heterocycles. The molecule has 2 N–H and O–H groups in total. The minimum Gasteiger partial charge on any atom is -0.360 e. The van der Waals surface area contributed by atoms with Gasteiger partial charge in [0.05, 0.1) is 0 Å². The number of nitrogens with zero attached hydrogens (tertiary/aromatic N) is 5. The lowest BCUT2D eigenvalue weighted by Gasteiger charge is -2.15. The van der Waals surface area contributed by atoms with Crippen molar-refractivity contribution in [1.82, 2.24) is 29.4 Å². The lowest BCUT2D eigenvalue weighted by Crippen LogP contribution is -2.36. The number of rotatable bonds is 4. The molecule has 0 unspecified atom stereocenters. The fraction of sp³-hybridized carbons (Fsp3) is 0.500. The van der Waals surface area contributed by atoms with Crippen molar-refractivity contribution < 1.29 is 18.0 Å². The van der Waals surface area contributed by atoms with Crippen molar-refractivity contribution in [3.05, 3.63) is 17.5 Å². The van der Waals surface area contributed by atoms with E-state index in [9.17, 15) is 18.0 Å². The molecule has 2 aromatic heterocycles. The number of halogens is 3. The first-order chi connectivity index (χ1) is 10.4. The van der Waals surface area contributed by atoms with Crippen LogP contribution in [0.1, 0.15) is 22.3 Å². The number of nitrogens with one attached hydrogen (secondary N) is 2. The maximum absolute atomic E-state index is 12.4. The van der Waals surface area contributed by atoms with Crippen LogP contribution in [-0.4, -0.2) is 43.1 Å². The highest BCUT2D eigenvalue weighted by atomic mass is 32.1. The van der Waals surface area contributed by atoms with Gasteiger partial charge in [-0.3, -0.25) is 4.79 Å². The quantitative estimate of drug-likeness (QED) is 0.848. The Hall–Kier alpha value is -2.24. The summed E-state index contributed by atoms with van der Waals surface area (Å²) >= 11 is 0.644. The number of hydrogen-bond donors (Lipinski definition) is 2. The first-order valence-corrected chi connectivity index (χ1v) is 7.07. The predicted octanol–water partition coefficient (Wildman–Crippen LogP) is 0.546. The van der Waals surface area contributed by atoms with Gasteiger partial charge in [-0.2, -0.15) is 22.5 Å². The van der Waals surface area contributed by atoms with E-state index >= 15 is 0 Å². The van der Waals surface area contributed by atoms with Gasteiger partial charge >= 0.3 is 6.18 Å². The van der Waals surface area contributed by atoms with Crippen molar-refractivity contribution in [2.75, 3.05) is 18.4 Å². The average molecular weight is 333 g/mol. The molecule has 0 aliphatic carbocycles. The molecule has 118 valence electrons. The number of carbonyl (C=O) groups is 1. The van der Waals surface area contributed by atoms with Crippen LogP contribution in [0.5, 0.6) is 0 Å². The van der Waals surface area contributed by atoms with Crippen LogP contribution >= 0.6 is 11.5 Å². The highest BCUT2D eigenvalue weighted by Gasteiger charge is 2.36. The molecule has 0 radical (unpaired) electrons. The molecule has 0 spiro atoms. The molecule has 1 aliphatic heterocycles. The molecule has 0 fully saturated rings. The Morgan fingerprint density at radius 1 is 1.36 bits per heavy atom. The van der Waals surface area contributed by atoms with Gasteiger partial charge in [-0.15, -0.1) is 10.2 Å².